The molecule has 1 aliphatic rings. The van der Waals surface area contributed by atoms with Crippen molar-refractivity contribution < 1.29 is 9.53 Å². The van der Waals surface area contributed by atoms with E-state index in [2.05, 4.69) is 16.7 Å². The van der Waals surface area contributed by atoms with Crippen LogP contribution in [-0.2, 0) is 11.3 Å². The quantitative estimate of drug-likeness (QED) is 0.635. The van der Waals surface area contributed by atoms with Gasteiger partial charge in [-0.1, -0.05) is 19.9 Å². The van der Waals surface area contributed by atoms with Crippen LogP contribution in [0.2, 0.25) is 0 Å². The number of carbonyl (C=O) groups is 1. The minimum absolute atomic E-state index is 0.0235. The average Bonchev–Trinajstić information content (AvgIpc) is 2.96. The van der Waals surface area contributed by atoms with Crippen molar-refractivity contribution >= 4 is 5.97 Å². The molecule has 0 unspecified atom stereocenters. The van der Waals surface area contributed by atoms with Gasteiger partial charge in [0, 0.05) is 18.8 Å². The van der Waals surface area contributed by atoms with Crippen molar-refractivity contribution in [1.29, 1.82) is 0 Å². The van der Waals surface area contributed by atoms with Gasteiger partial charge in [-0.15, -0.1) is 6.58 Å². The summed E-state index contributed by atoms with van der Waals surface area (Å²) >= 11 is 0. The van der Waals surface area contributed by atoms with E-state index in [1.807, 2.05) is 24.6 Å². The van der Waals surface area contributed by atoms with E-state index in [0.717, 1.165) is 6.20 Å². The lowest BCUT2D eigenvalue weighted by Gasteiger charge is -2.26. The largest absolute Gasteiger partial charge is 0.420 e. The van der Waals surface area contributed by atoms with Crippen LogP contribution in [0.3, 0.4) is 0 Å². The lowest BCUT2D eigenvalue weighted by atomic mass is 10.1. The lowest BCUT2D eigenvalue weighted by molar-refractivity contribution is -0.135. The molecule has 0 spiro atoms. The summed E-state index contributed by atoms with van der Waals surface area (Å²) in [4.78, 5) is 28.5. The summed E-state index contributed by atoms with van der Waals surface area (Å²) in [6.45, 7) is 8.25. The van der Waals surface area contributed by atoms with Crippen molar-refractivity contribution in [2.75, 3.05) is 0 Å². The van der Waals surface area contributed by atoms with Crippen molar-refractivity contribution in [1.82, 2.24) is 19.3 Å². The molecule has 2 aromatic heterocycles. The van der Waals surface area contributed by atoms with Crippen LogP contribution in [0.1, 0.15) is 26.3 Å². The molecule has 0 N–H and O–H groups in total. The van der Waals surface area contributed by atoms with Gasteiger partial charge in [0.05, 0.1) is 18.8 Å². The number of esters is 1. The number of aromatic nitrogens is 4. The maximum atomic E-state index is 12.2. The number of ether oxygens (including phenoxy) is 1. The Balaban J connectivity index is 2.13. The maximum absolute atomic E-state index is 12.2. The summed E-state index contributed by atoms with van der Waals surface area (Å²) in [5, 5.41) is 4.17. The Hall–Kier alpha value is -2.70. The number of fused-ring (bicyclic) bond motifs is 3. The molecule has 7 nitrogen and oxygen atoms in total. The van der Waals surface area contributed by atoms with Gasteiger partial charge in [0.1, 0.15) is 5.69 Å². The van der Waals surface area contributed by atoms with E-state index in [1.54, 1.807) is 17.0 Å². The van der Waals surface area contributed by atoms with Crippen molar-refractivity contribution in [3.8, 4) is 17.3 Å². The SMILES string of the molecule is C=C[C@H]1Cn2ccnc2-c2c(OC(=O)CC(C)C)c(=O)cnn21. The van der Waals surface area contributed by atoms with Crippen LogP contribution < -0.4 is 10.2 Å². The molecule has 0 aromatic carbocycles. The van der Waals surface area contributed by atoms with Gasteiger partial charge < -0.3 is 9.30 Å². The van der Waals surface area contributed by atoms with Gasteiger partial charge in [0.15, 0.2) is 5.82 Å². The van der Waals surface area contributed by atoms with E-state index in [1.165, 1.54) is 0 Å². The Morgan fingerprint density at radius 3 is 3.04 bits per heavy atom. The van der Waals surface area contributed by atoms with E-state index in [0.29, 0.717) is 18.1 Å². The topological polar surface area (TPSA) is 79.0 Å². The van der Waals surface area contributed by atoms with Gasteiger partial charge in [-0.25, -0.2) is 9.67 Å². The highest BCUT2D eigenvalue weighted by atomic mass is 16.5. The van der Waals surface area contributed by atoms with E-state index in [-0.39, 0.29) is 24.1 Å². The third-order valence-corrected chi connectivity index (χ3v) is 3.66. The predicted molar refractivity (Wildman–Crippen MR) is 84.0 cm³/mol. The molecule has 7 heteroatoms. The Morgan fingerprint density at radius 2 is 2.35 bits per heavy atom. The standard InChI is InChI=1S/C16H18N4O3/c1-4-11-9-19-6-5-17-16(19)14-15(12(21)8-18-20(11)14)23-13(22)7-10(2)3/h4-6,8,10-11H,1,7,9H2,2-3H3/t11-/m0/s1. The highest BCUT2D eigenvalue weighted by molar-refractivity contribution is 5.75. The van der Waals surface area contributed by atoms with Crippen LogP contribution in [0.5, 0.6) is 5.75 Å². The molecule has 3 rings (SSSR count). The highest BCUT2D eigenvalue weighted by Gasteiger charge is 2.29. The van der Waals surface area contributed by atoms with E-state index < -0.39 is 11.4 Å². The number of imidazole rings is 1. The molecule has 0 amide bonds. The first-order chi connectivity index (χ1) is 11.0. The molecule has 0 saturated heterocycles. The van der Waals surface area contributed by atoms with E-state index in [4.69, 9.17) is 4.74 Å². The van der Waals surface area contributed by atoms with Crippen LogP contribution in [0.4, 0.5) is 0 Å². The summed E-state index contributed by atoms with van der Waals surface area (Å²) in [7, 11) is 0. The number of allylic oxidation sites excluding steroid dienone is 1. The van der Waals surface area contributed by atoms with Gasteiger partial charge in [0.25, 0.3) is 0 Å². The van der Waals surface area contributed by atoms with E-state index >= 15 is 0 Å². The average molecular weight is 314 g/mol. The highest BCUT2D eigenvalue weighted by Crippen LogP contribution is 2.33. The van der Waals surface area contributed by atoms with Crippen LogP contribution in [-0.4, -0.2) is 25.3 Å². The number of rotatable bonds is 4. The van der Waals surface area contributed by atoms with Crippen LogP contribution >= 0.6 is 0 Å². The van der Waals surface area contributed by atoms with Gasteiger partial charge in [0.2, 0.25) is 11.2 Å². The second kappa shape index (κ2) is 5.83. The first-order valence-corrected chi connectivity index (χ1v) is 7.47. The summed E-state index contributed by atoms with van der Waals surface area (Å²) in [6, 6.07) is -0.144. The van der Waals surface area contributed by atoms with Crippen molar-refractivity contribution in [3.05, 3.63) is 41.5 Å². The molecule has 0 aliphatic carbocycles. The molecule has 2 aromatic rings. The van der Waals surface area contributed by atoms with Crippen LogP contribution in [0, 0.1) is 5.92 Å². The molecule has 0 saturated carbocycles. The van der Waals surface area contributed by atoms with Gasteiger partial charge in [-0.05, 0) is 5.92 Å². The Kier molecular flexibility index (Phi) is 3.85. The summed E-state index contributed by atoms with van der Waals surface area (Å²) < 4.78 is 8.90. The Bertz CT molecular complexity index is 819. The number of hydrogen-bond donors (Lipinski definition) is 0. The lowest BCUT2D eigenvalue weighted by Crippen LogP contribution is -2.29. The molecule has 0 fully saturated rings. The van der Waals surface area contributed by atoms with Crippen molar-refractivity contribution in [2.45, 2.75) is 32.9 Å². The molecular formula is C16H18N4O3. The molecule has 0 bridgehead atoms. The maximum Gasteiger partial charge on any atom is 0.311 e. The third-order valence-electron chi connectivity index (χ3n) is 3.66. The first-order valence-electron chi connectivity index (χ1n) is 7.47. The number of nitrogens with zero attached hydrogens (tertiary/aromatic N) is 4. The second-order valence-electron chi connectivity index (χ2n) is 5.91. The molecule has 3 heterocycles. The monoisotopic (exact) mass is 314 g/mol. The normalized spacial score (nSPS) is 15.9. The van der Waals surface area contributed by atoms with Crippen molar-refractivity contribution in [3.63, 3.8) is 0 Å². The first kappa shape index (κ1) is 15.2. The fourth-order valence-corrected chi connectivity index (χ4v) is 2.62. The zero-order chi connectivity index (χ0) is 16.6. The summed E-state index contributed by atoms with van der Waals surface area (Å²) in [5.41, 5.74) is -0.0247. The number of carbonyl (C=O) groups excluding carboxylic acids is 1. The zero-order valence-corrected chi connectivity index (χ0v) is 13.1. The fourth-order valence-electron chi connectivity index (χ4n) is 2.62. The van der Waals surface area contributed by atoms with Gasteiger partial charge >= 0.3 is 5.97 Å². The summed E-state index contributed by atoms with van der Waals surface area (Å²) in [5.74, 6) is 0.237. The van der Waals surface area contributed by atoms with Gasteiger partial charge in [-0.2, -0.15) is 5.10 Å². The minimum Gasteiger partial charge on any atom is -0.420 e. The molecule has 23 heavy (non-hydrogen) atoms. The Morgan fingerprint density at radius 1 is 1.57 bits per heavy atom. The Labute approximate surface area is 133 Å². The minimum atomic E-state index is -0.440. The van der Waals surface area contributed by atoms with Crippen molar-refractivity contribution in [2.24, 2.45) is 5.92 Å². The smallest absolute Gasteiger partial charge is 0.311 e. The number of hydrogen-bond acceptors (Lipinski definition) is 5. The van der Waals surface area contributed by atoms with E-state index in [9.17, 15) is 9.59 Å². The molecule has 1 atom stereocenters. The van der Waals surface area contributed by atoms with Gasteiger partial charge in [-0.3, -0.25) is 9.59 Å². The predicted octanol–water partition coefficient (Wildman–Crippen LogP) is 1.80. The molecular weight excluding hydrogens is 296 g/mol. The second-order valence-corrected chi connectivity index (χ2v) is 5.91. The third kappa shape index (κ3) is 2.69. The van der Waals surface area contributed by atoms with Crippen LogP contribution in [0.25, 0.3) is 11.5 Å². The fraction of sp³-hybridized carbons (Fsp3) is 0.375. The van der Waals surface area contributed by atoms with Crippen LogP contribution in [0.15, 0.2) is 36.0 Å². The summed E-state index contributed by atoms with van der Waals surface area (Å²) in [6.07, 6.45) is 6.59. The molecule has 1 aliphatic heterocycles. The molecule has 0 radical (unpaired) electrons. The zero-order valence-electron chi connectivity index (χ0n) is 13.1. The molecule has 120 valence electrons.